The molecular formula is C11H18N2OS. The molecule has 0 aliphatic carbocycles. The van der Waals surface area contributed by atoms with Gasteiger partial charge in [0, 0.05) is 12.1 Å². The van der Waals surface area contributed by atoms with Gasteiger partial charge < -0.3 is 15.1 Å². The molecule has 2 N–H and O–H groups in total. The predicted octanol–water partition coefficient (Wildman–Crippen LogP) is 2.17. The molecule has 0 atom stereocenters. The molecule has 0 saturated heterocycles. The fourth-order valence-corrected chi connectivity index (χ4v) is 1.60. The molecule has 84 valence electrons. The van der Waals surface area contributed by atoms with Crippen LogP contribution in [0.3, 0.4) is 0 Å². The number of unbranched alkanes of at least 4 members (excludes halogenated alkanes) is 1. The molecule has 0 radical (unpaired) electrons. The molecule has 0 amide bonds. The van der Waals surface area contributed by atoms with Gasteiger partial charge in [-0.05, 0) is 38.9 Å². The molecule has 1 heterocycles. The van der Waals surface area contributed by atoms with E-state index in [-0.39, 0.29) is 0 Å². The average Bonchev–Trinajstić information content (AvgIpc) is 2.64. The maximum atomic E-state index is 5.42. The highest BCUT2D eigenvalue weighted by atomic mass is 32.1. The number of furan rings is 1. The highest BCUT2D eigenvalue weighted by molar-refractivity contribution is 7.80. The van der Waals surface area contributed by atoms with E-state index in [0.717, 1.165) is 32.4 Å². The minimum Gasteiger partial charge on any atom is -0.472 e. The van der Waals surface area contributed by atoms with Gasteiger partial charge >= 0.3 is 0 Å². The second-order valence-corrected chi connectivity index (χ2v) is 4.32. The first kappa shape index (κ1) is 12.2. The second-order valence-electron chi connectivity index (χ2n) is 3.79. The van der Waals surface area contributed by atoms with Gasteiger partial charge in [0.25, 0.3) is 0 Å². The van der Waals surface area contributed by atoms with Gasteiger partial charge in [-0.3, -0.25) is 0 Å². The zero-order valence-electron chi connectivity index (χ0n) is 9.11. The number of hydrogen-bond donors (Lipinski definition) is 1. The van der Waals surface area contributed by atoms with Crippen LogP contribution in [0.2, 0.25) is 0 Å². The van der Waals surface area contributed by atoms with E-state index in [4.69, 9.17) is 22.4 Å². The lowest BCUT2D eigenvalue weighted by Gasteiger charge is -2.14. The van der Waals surface area contributed by atoms with Gasteiger partial charge in [0.2, 0.25) is 0 Å². The van der Waals surface area contributed by atoms with E-state index in [9.17, 15) is 0 Å². The van der Waals surface area contributed by atoms with E-state index >= 15 is 0 Å². The molecule has 0 aromatic carbocycles. The molecule has 3 nitrogen and oxygen atoms in total. The highest BCUT2D eigenvalue weighted by Gasteiger charge is 2.01. The number of rotatable bonds is 7. The van der Waals surface area contributed by atoms with Crippen LogP contribution in [0.15, 0.2) is 23.0 Å². The van der Waals surface area contributed by atoms with E-state index in [0.29, 0.717) is 4.99 Å². The smallest absolute Gasteiger partial charge is 0.0947 e. The van der Waals surface area contributed by atoms with Gasteiger partial charge in [0.05, 0.1) is 17.5 Å². The molecule has 0 aliphatic heterocycles. The molecule has 0 saturated carbocycles. The van der Waals surface area contributed by atoms with Crippen LogP contribution in [0.4, 0.5) is 0 Å². The first-order chi connectivity index (χ1) is 7.18. The Morgan fingerprint density at radius 2 is 2.33 bits per heavy atom. The van der Waals surface area contributed by atoms with Crippen LogP contribution in [0, 0.1) is 0 Å². The fraction of sp³-hybridized carbons (Fsp3) is 0.545. The quantitative estimate of drug-likeness (QED) is 0.571. The molecule has 0 aliphatic rings. The third-order valence-corrected chi connectivity index (χ3v) is 2.45. The largest absolute Gasteiger partial charge is 0.472 e. The Morgan fingerprint density at radius 1 is 1.53 bits per heavy atom. The summed E-state index contributed by atoms with van der Waals surface area (Å²) in [4.78, 5) is 2.89. The summed E-state index contributed by atoms with van der Waals surface area (Å²) in [6.45, 7) is 2.00. The van der Waals surface area contributed by atoms with Gasteiger partial charge in [-0.25, -0.2) is 0 Å². The minimum absolute atomic E-state index is 0.618. The molecule has 1 aromatic rings. The summed E-state index contributed by atoms with van der Waals surface area (Å²) in [6.07, 6.45) is 6.55. The van der Waals surface area contributed by atoms with Gasteiger partial charge in [-0.2, -0.15) is 0 Å². The summed E-state index contributed by atoms with van der Waals surface area (Å²) in [5, 5.41) is 0. The van der Waals surface area contributed by atoms with E-state index in [1.165, 1.54) is 5.56 Å². The Bertz CT molecular complexity index is 285. The van der Waals surface area contributed by atoms with Crippen molar-refractivity contribution >= 4 is 17.2 Å². The summed E-state index contributed by atoms with van der Waals surface area (Å²) in [6, 6.07) is 1.99. The van der Waals surface area contributed by atoms with E-state index in [2.05, 4.69) is 11.9 Å². The Hall–Kier alpha value is -0.870. The lowest BCUT2D eigenvalue weighted by atomic mass is 10.2. The zero-order valence-corrected chi connectivity index (χ0v) is 9.93. The first-order valence-corrected chi connectivity index (χ1v) is 5.57. The fourth-order valence-electron chi connectivity index (χ4n) is 1.45. The first-order valence-electron chi connectivity index (χ1n) is 5.16. The van der Waals surface area contributed by atoms with Gasteiger partial charge in [-0.15, -0.1) is 0 Å². The van der Waals surface area contributed by atoms with Crippen molar-refractivity contribution in [2.75, 3.05) is 13.6 Å². The molecule has 4 heteroatoms. The van der Waals surface area contributed by atoms with Crippen LogP contribution in [0.5, 0.6) is 0 Å². The molecule has 0 bridgehead atoms. The summed E-state index contributed by atoms with van der Waals surface area (Å²) < 4.78 is 5.01. The number of thiocarbonyl (C=S) groups is 1. The van der Waals surface area contributed by atoms with Crippen molar-refractivity contribution in [1.29, 1.82) is 0 Å². The standard InChI is InChI=1S/C11H18N2OS/c1-13(6-3-2-4-11(12)15)8-10-5-7-14-9-10/h5,7,9H,2-4,6,8H2,1H3,(H2,12,15). The molecule has 0 fully saturated rings. The monoisotopic (exact) mass is 226 g/mol. The van der Waals surface area contributed by atoms with Crippen molar-refractivity contribution in [3.8, 4) is 0 Å². The maximum absolute atomic E-state index is 5.42. The lowest BCUT2D eigenvalue weighted by Crippen LogP contribution is -2.19. The van der Waals surface area contributed by atoms with Gasteiger partial charge in [0.15, 0.2) is 0 Å². The predicted molar refractivity (Wildman–Crippen MR) is 65.7 cm³/mol. The summed E-state index contributed by atoms with van der Waals surface area (Å²) >= 11 is 4.82. The third kappa shape index (κ3) is 5.54. The number of nitrogens with two attached hydrogens (primary N) is 1. The SMILES string of the molecule is CN(CCCCC(N)=S)Cc1ccoc1. The second kappa shape index (κ2) is 6.58. The molecule has 0 unspecified atom stereocenters. The summed E-state index contributed by atoms with van der Waals surface area (Å²) in [7, 11) is 2.10. The van der Waals surface area contributed by atoms with Crippen molar-refractivity contribution < 1.29 is 4.42 Å². The van der Waals surface area contributed by atoms with E-state index < -0.39 is 0 Å². The lowest BCUT2D eigenvalue weighted by molar-refractivity contribution is 0.318. The van der Waals surface area contributed by atoms with E-state index in [1.54, 1.807) is 12.5 Å². The summed E-state index contributed by atoms with van der Waals surface area (Å²) in [5.74, 6) is 0. The topological polar surface area (TPSA) is 42.4 Å². The van der Waals surface area contributed by atoms with Gasteiger partial charge in [0.1, 0.15) is 0 Å². The van der Waals surface area contributed by atoms with E-state index in [1.807, 2.05) is 6.07 Å². The molecule has 1 aromatic heterocycles. The van der Waals surface area contributed by atoms with Gasteiger partial charge in [-0.1, -0.05) is 12.2 Å². The van der Waals surface area contributed by atoms with Crippen LogP contribution in [-0.4, -0.2) is 23.5 Å². The molecule has 0 spiro atoms. The highest BCUT2D eigenvalue weighted by Crippen LogP contribution is 2.05. The van der Waals surface area contributed by atoms with Crippen molar-refractivity contribution in [3.05, 3.63) is 24.2 Å². The average molecular weight is 226 g/mol. The maximum Gasteiger partial charge on any atom is 0.0947 e. The van der Waals surface area contributed by atoms with Crippen molar-refractivity contribution in [1.82, 2.24) is 4.90 Å². The van der Waals surface area contributed by atoms with Crippen molar-refractivity contribution in [3.63, 3.8) is 0 Å². The summed E-state index contributed by atoms with van der Waals surface area (Å²) in [5.41, 5.74) is 6.64. The number of nitrogens with zero attached hydrogens (tertiary/aromatic N) is 1. The van der Waals surface area contributed by atoms with Crippen LogP contribution in [0.1, 0.15) is 24.8 Å². The van der Waals surface area contributed by atoms with Crippen LogP contribution < -0.4 is 5.73 Å². The number of hydrogen-bond acceptors (Lipinski definition) is 3. The van der Waals surface area contributed by atoms with Crippen LogP contribution >= 0.6 is 12.2 Å². The normalized spacial score (nSPS) is 10.8. The minimum atomic E-state index is 0.618. The Morgan fingerprint density at radius 3 is 2.93 bits per heavy atom. The van der Waals surface area contributed by atoms with Crippen molar-refractivity contribution in [2.24, 2.45) is 5.73 Å². The van der Waals surface area contributed by atoms with Crippen molar-refractivity contribution in [2.45, 2.75) is 25.8 Å². The molecule has 1 rings (SSSR count). The molecular weight excluding hydrogens is 208 g/mol. The Balaban J connectivity index is 2.08. The Kier molecular flexibility index (Phi) is 5.36. The van der Waals surface area contributed by atoms with Crippen LogP contribution in [-0.2, 0) is 6.54 Å². The molecule has 15 heavy (non-hydrogen) atoms. The zero-order chi connectivity index (χ0) is 11.1. The Labute approximate surface area is 96.2 Å². The van der Waals surface area contributed by atoms with Crippen LogP contribution in [0.25, 0.3) is 0 Å². The third-order valence-electron chi connectivity index (χ3n) is 2.25.